The predicted molar refractivity (Wildman–Crippen MR) is 132 cm³/mol. The van der Waals surface area contributed by atoms with Gasteiger partial charge in [0.15, 0.2) is 0 Å². The highest BCUT2D eigenvalue weighted by Crippen LogP contribution is 2.36. The van der Waals surface area contributed by atoms with E-state index in [-0.39, 0.29) is 23.4 Å². The molecule has 0 saturated carbocycles. The zero-order chi connectivity index (χ0) is 22.4. The van der Waals surface area contributed by atoms with Crippen LogP contribution in [0.1, 0.15) is 18.0 Å². The average Bonchev–Trinajstić information content (AvgIpc) is 2.85. The van der Waals surface area contributed by atoms with Gasteiger partial charge in [-0.1, -0.05) is 54.6 Å². The summed E-state index contributed by atoms with van der Waals surface area (Å²) in [6.07, 6.45) is 1.02. The minimum atomic E-state index is -0.0699. The van der Waals surface area contributed by atoms with Gasteiger partial charge in [0.05, 0.1) is 0 Å². The van der Waals surface area contributed by atoms with Crippen LogP contribution < -0.4 is 10.9 Å². The second-order valence-corrected chi connectivity index (χ2v) is 9.15. The lowest BCUT2D eigenvalue weighted by Crippen LogP contribution is -2.50. The van der Waals surface area contributed by atoms with Crippen LogP contribution in [-0.4, -0.2) is 28.6 Å². The molecule has 0 radical (unpaired) electrons. The first-order valence-corrected chi connectivity index (χ1v) is 11.5. The number of hydrogen-bond donors (Lipinski definition) is 1. The van der Waals surface area contributed by atoms with Gasteiger partial charge in [0.2, 0.25) is 0 Å². The minimum Gasteiger partial charge on any atom is -0.324 e. The van der Waals surface area contributed by atoms with Gasteiger partial charge in [-0.25, -0.2) is 4.79 Å². The summed E-state index contributed by atoms with van der Waals surface area (Å²) in [5, 5.41) is 5.30. The number of anilines is 1. The van der Waals surface area contributed by atoms with Crippen molar-refractivity contribution in [2.24, 2.45) is 5.92 Å². The van der Waals surface area contributed by atoms with Crippen molar-refractivity contribution in [2.45, 2.75) is 18.9 Å². The average molecular weight is 436 g/mol. The summed E-state index contributed by atoms with van der Waals surface area (Å²) < 4.78 is 1.95. The van der Waals surface area contributed by atoms with Crippen LogP contribution in [0.25, 0.3) is 21.9 Å². The lowest BCUT2D eigenvalue weighted by Gasteiger charge is -2.42. The quantitative estimate of drug-likeness (QED) is 0.463. The molecule has 2 aliphatic rings. The molecule has 4 aromatic rings. The van der Waals surface area contributed by atoms with Crippen molar-refractivity contribution in [2.75, 3.05) is 18.4 Å². The monoisotopic (exact) mass is 435 g/mol. The molecule has 0 spiro atoms. The molecule has 5 nitrogen and oxygen atoms in total. The number of para-hydroxylation sites is 1. The number of hydrogen-bond acceptors (Lipinski definition) is 2. The van der Waals surface area contributed by atoms with Gasteiger partial charge in [-0.05, 0) is 59.0 Å². The number of piperidine rings is 1. The summed E-state index contributed by atoms with van der Waals surface area (Å²) in [5.41, 5.74) is 3.60. The van der Waals surface area contributed by atoms with Gasteiger partial charge in [-0.3, -0.25) is 4.79 Å². The summed E-state index contributed by atoms with van der Waals surface area (Å²) in [5.74, 6) is 0.458. The van der Waals surface area contributed by atoms with Crippen LogP contribution >= 0.6 is 0 Å². The topological polar surface area (TPSA) is 54.3 Å². The van der Waals surface area contributed by atoms with Crippen molar-refractivity contribution in [1.82, 2.24) is 9.47 Å². The van der Waals surface area contributed by atoms with Crippen molar-refractivity contribution < 1.29 is 4.79 Å². The van der Waals surface area contributed by atoms with Gasteiger partial charge in [0, 0.05) is 42.5 Å². The lowest BCUT2D eigenvalue weighted by atomic mass is 9.83. The van der Waals surface area contributed by atoms with Crippen molar-refractivity contribution in [3.63, 3.8) is 0 Å². The van der Waals surface area contributed by atoms with Crippen molar-refractivity contribution >= 4 is 22.5 Å². The Kier molecular flexibility index (Phi) is 4.75. The van der Waals surface area contributed by atoms with Crippen LogP contribution in [0, 0.1) is 5.92 Å². The third-order valence-electron chi connectivity index (χ3n) is 6.98. The Balaban J connectivity index is 1.29. The van der Waals surface area contributed by atoms with E-state index in [2.05, 4.69) is 35.6 Å². The lowest BCUT2D eigenvalue weighted by molar-refractivity contribution is 0.139. The number of pyridine rings is 1. The number of nitrogens with zero attached hydrogens (tertiary/aromatic N) is 2. The molecule has 5 heteroatoms. The second kappa shape index (κ2) is 7.93. The van der Waals surface area contributed by atoms with Crippen LogP contribution in [0.3, 0.4) is 0 Å². The van der Waals surface area contributed by atoms with Gasteiger partial charge in [-0.15, -0.1) is 0 Å². The van der Waals surface area contributed by atoms with E-state index in [4.69, 9.17) is 0 Å². The maximum atomic E-state index is 13.5. The highest BCUT2D eigenvalue weighted by molar-refractivity contribution is 5.89. The minimum absolute atomic E-state index is 0.0691. The molecule has 6 rings (SSSR count). The molecular formula is C28H25N3O2. The SMILES string of the molecule is O=C(Nc1ccccc1)N1C[C@H]2C[C@H](C1)c1ccc(-c3ccc4ccccc4c3)c(=O)n1C2. The Morgan fingerprint density at radius 1 is 0.818 bits per heavy atom. The normalized spacial score (nSPS) is 19.2. The van der Waals surface area contributed by atoms with E-state index in [1.807, 2.05) is 64.1 Å². The van der Waals surface area contributed by atoms with Crippen molar-refractivity contribution in [3.05, 3.63) is 101 Å². The standard InChI is InChI=1S/C28H25N3O2/c32-27-25(22-11-10-20-6-4-5-7-21(20)15-22)12-13-26-23-14-19(17-31(26)27)16-30(18-23)28(33)29-24-8-2-1-3-9-24/h1-13,15,19,23H,14,16-18H2,(H,29,33)/t19-,23-/m1/s1. The van der Waals surface area contributed by atoms with Gasteiger partial charge < -0.3 is 14.8 Å². The largest absolute Gasteiger partial charge is 0.324 e. The Labute approximate surface area is 192 Å². The van der Waals surface area contributed by atoms with Gasteiger partial charge in [-0.2, -0.15) is 0 Å². The summed E-state index contributed by atoms with van der Waals surface area (Å²) >= 11 is 0. The van der Waals surface area contributed by atoms with E-state index in [1.165, 1.54) is 5.39 Å². The number of benzene rings is 3. The number of aromatic nitrogens is 1. The Bertz CT molecular complexity index is 1410. The third-order valence-corrected chi connectivity index (χ3v) is 6.98. The molecule has 2 atom stereocenters. The number of carbonyl (C=O) groups excluding carboxylic acids is 1. The summed E-state index contributed by atoms with van der Waals surface area (Å²) in [7, 11) is 0. The molecule has 2 amide bonds. The van der Waals surface area contributed by atoms with Crippen molar-refractivity contribution in [3.8, 4) is 11.1 Å². The molecule has 2 bridgehead atoms. The predicted octanol–water partition coefficient (Wildman–Crippen LogP) is 5.32. The van der Waals surface area contributed by atoms with E-state index < -0.39 is 0 Å². The molecule has 164 valence electrons. The van der Waals surface area contributed by atoms with E-state index in [9.17, 15) is 9.59 Å². The van der Waals surface area contributed by atoms with E-state index in [0.717, 1.165) is 34.3 Å². The summed E-state index contributed by atoms with van der Waals surface area (Å²) in [6.45, 7) is 1.95. The summed E-state index contributed by atoms with van der Waals surface area (Å²) in [6, 6.07) is 27.9. The first kappa shape index (κ1) is 19.8. The second-order valence-electron chi connectivity index (χ2n) is 9.15. The number of likely N-dealkylation sites (tertiary alicyclic amines) is 1. The molecule has 33 heavy (non-hydrogen) atoms. The molecule has 1 saturated heterocycles. The van der Waals surface area contributed by atoms with Crippen LogP contribution in [0.15, 0.2) is 89.7 Å². The maximum absolute atomic E-state index is 13.5. The van der Waals surface area contributed by atoms with E-state index >= 15 is 0 Å². The highest BCUT2D eigenvalue weighted by atomic mass is 16.2. The van der Waals surface area contributed by atoms with Gasteiger partial charge in [0.1, 0.15) is 0 Å². The molecule has 2 aliphatic heterocycles. The van der Waals surface area contributed by atoms with E-state index in [0.29, 0.717) is 19.6 Å². The highest BCUT2D eigenvalue weighted by Gasteiger charge is 2.36. The fourth-order valence-corrected chi connectivity index (χ4v) is 5.41. The molecule has 1 N–H and O–H groups in total. The molecule has 1 aromatic heterocycles. The Morgan fingerprint density at radius 3 is 2.45 bits per heavy atom. The molecule has 0 aliphatic carbocycles. The van der Waals surface area contributed by atoms with Crippen molar-refractivity contribution in [1.29, 1.82) is 0 Å². The van der Waals surface area contributed by atoms with Crippen LogP contribution in [0.5, 0.6) is 0 Å². The van der Waals surface area contributed by atoms with E-state index in [1.54, 1.807) is 0 Å². The molecular weight excluding hydrogens is 410 g/mol. The fourth-order valence-electron chi connectivity index (χ4n) is 5.41. The van der Waals surface area contributed by atoms with Crippen LogP contribution in [0.2, 0.25) is 0 Å². The smallest absolute Gasteiger partial charge is 0.321 e. The van der Waals surface area contributed by atoms with Gasteiger partial charge >= 0.3 is 6.03 Å². The number of fused-ring (bicyclic) bond motifs is 5. The fraction of sp³-hybridized carbons (Fsp3) is 0.214. The third kappa shape index (κ3) is 3.59. The maximum Gasteiger partial charge on any atom is 0.321 e. The molecule has 0 unspecified atom stereocenters. The number of amides is 2. The number of carbonyl (C=O) groups is 1. The van der Waals surface area contributed by atoms with Crippen LogP contribution in [0.4, 0.5) is 10.5 Å². The zero-order valence-electron chi connectivity index (χ0n) is 18.3. The number of rotatable bonds is 2. The number of urea groups is 1. The zero-order valence-corrected chi connectivity index (χ0v) is 18.3. The molecule has 3 heterocycles. The number of nitrogens with one attached hydrogen (secondary N) is 1. The first-order chi connectivity index (χ1) is 16.2. The van der Waals surface area contributed by atoms with Crippen LogP contribution in [-0.2, 0) is 6.54 Å². The molecule has 1 fully saturated rings. The summed E-state index contributed by atoms with van der Waals surface area (Å²) in [4.78, 5) is 28.3. The Morgan fingerprint density at radius 2 is 1.61 bits per heavy atom. The van der Waals surface area contributed by atoms with Gasteiger partial charge in [0.25, 0.3) is 5.56 Å². The molecule has 3 aromatic carbocycles. The first-order valence-electron chi connectivity index (χ1n) is 11.5. The Hall–Kier alpha value is -3.86.